The molecule has 1 amide bonds. The van der Waals surface area contributed by atoms with Gasteiger partial charge < -0.3 is 4.90 Å². The lowest BCUT2D eigenvalue weighted by Gasteiger charge is -2.40. The van der Waals surface area contributed by atoms with Crippen molar-refractivity contribution in [2.75, 3.05) is 6.54 Å². The summed E-state index contributed by atoms with van der Waals surface area (Å²) in [4.78, 5) is 13.7. The van der Waals surface area contributed by atoms with Crippen LogP contribution in [-0.2, 0) is 4.79 Å². The third-order valence-electron chi connectivity index (χ3n) is 2.52. The molecule has 70 valence electrons. The third kappa shape index (κ3) is 1.79. The Balaban J connectivity index is 2.71. The minimum absolute atomic E-state index is 0.00572. The average Bonchev–Trinajstić information content (AvgIpc) is 1.92. The Hall–Kier alpha value is -0.530. The summed E-state index contributed by atoms with van der Waals surface area (Å²) in [6.07, 6.45) is 2.22. The van der Waals surface area contributed by atoms with Crippen molar-refractivity contribution in [2.45, 2.75) is 46.1 Å². The van der Waals surface area contributed by atoms with E-state index in [1.807, 2.05) is 11.8 Å². The minimum atomic E-state index is 0.00572. The van der Waals surface area contributed by atoms with Gasteiger partial charge in [-0.15, -0.1) is 0 Å². The summed E-state index contributed by atoms with van der Waals surface area (Å²) in [5.74, 6) is 0.562. The van der Waals surface area contributed by atoms with Crippen molar-refractivity contribution in [3.05, 3.63) is 0 Å². The van der Waals surface area contributed by atoms with Crippen molar-refractivity contribution in [3.63, 3.8) is 0 Å². The van der Waals surface area contributed by atoms with E-state index in [0.717, 1.165) is 19.4 Å². The van der Waals surface area contributed by atoms with Crippen molar-refractivity contribution in [1.82, 2.24) is 4.90 Å². The molecule has 0 aromatic rings. The number of carbonyl (C=O) groups excluding carboxylic acids is 1. The Morgan fingerprint density at radius 1 is 1.42 bits per heavy atom. The van der Waals surface area contributed by atoms with Gasteiger partial charge in [0.2, 0.25) is 5.91 Å². The largest absolute Gasteiger partial charge is 0.338 e. The van der Waals surface area contributed by atoms with E-state index in [1.54, 1.807) is 0 Å². The number of carbonyl (C=O) groups is 1. The second-order valence-electron chi connectivity index (χ2n) is 4.70. The summed E-state index contributed by atoms with van der Waals surface area (Å²) in [7, 11) is 0. The van der Waals surface area contributed by atoms with Crippen LogP contribution < -0.4 is 0 Å². The van der Waals surface area contributed by atoms with Crippen LogP contribution >= 0.6 is 0 Å². The molecule has 0 bridgehead atoms. The molecule has 1 saturated heterocycles. The van der Waals surface area contributed by atoms with Gasteiger partial charge in [0.1, 0.15) is 0 Å². The van der Waals surface area contributed by atoms with Crippen LogP contribution in [-0.4, -0.2) is 22.9 Å². The SMILES string of the molecule is CC1CCCN(C(C)(C)C)C1=O. The van der Waals surface area contributed by atoms with Crippen molar-refractivity contribution in [2.24, 2.45) is 5.92 Å². The average molecular weight is 169 g/mol. The number of piperidine rings is 1. The zero-order chi connectivity index (χ0) is 9.35. The Labute approximate surface area is 74.9 Å². The molecule has 1 aliphatic rings. The molecular weight excluding hydrogens is 150 g/mol. The van der Waals surface area contributed by atoms with Crippen LogP contribution in [0.5, 0.6) is 0 Å². The van der Waals surface area contributed by atoms with E-state index in [0.29, 0.717) is 5.91 Å². The number of likely N-dealkylation sites (tertiary alicyclic amines) is 1. The molecule has 0 aromatic heterocycles. The molecule has 0 N–H and O–H groups in total. The number of hydrogen-bond donors (Lipinski definition) is 0. The quantitative estimate of drug-likeness (QED) is 0.543. The highest BCUT2D eigenvalue weighted by molar-refractivity contribution is 5.79. The summed E-state index contributed by atoms with van der Waals surface area (Å²) in [6, 6.07) is 0. The predicted molar refractivity (Wildman–Crippen MR) is 49.9 cm³/mol. The number of rotatable bonds is 0. The lowest BCUT2D eigenvalue weighted by Crippen LogP contribution is -2.50. The molecule has 12 heavy (non-hydrogen) atoms. The van der Waals surface area contributed by atoms with Gasteiger partial charge in [0, 0.05) is 18.0 Å². The number of amides is 1. The maximum atomic E-state index is 11.7. The molecule has 0 radical (unpaired) electrons. The van der Waals surface area contributed by atoms with Crippen LogP contribution in [0.4, 0.5) is 0 Å². The molecule has 1 fully saturated rings. The van der Waals surface area contributed by atoms with Crippen LogP contribution in [0.15, 0.2) is 0 Å². The fraction of sp³-hybridized carbons (Fsp3) is 0.900. The van der Waals surface area contributed by atoms with Gasteiger partial charge in [0.25, 0.3) is 0 Å². The zero-order valence-corrected chi connectivity index (χ0v) is 8.55. The Morgan fingerprint density at radius 2 is 2.00 bits per heavy atom. The standard InChI is InChI=1S/C10H19NO/c1-8-6-5-7-11(9(8)12)10(2,3)4/h8H,5-7H2,1-4H3. The molecule has 2 heteroatoms. The maximum Gasteiger partial charge on any atom is 0.225 e. The van der Waals surface area contributed by atoms with Crippen LogP contribution in [0.1, 0.15) is 40.5 Å². The van der Waals surface area contributed by atoms with Gasteiger partial charge in [-0.2, -0.15) is 0 Å². The highest BCUT2D eigenvalue weighted by Crippen LogP contribution is 2.24. The molecule has 0 saturated carbocycles. The summed E-state index contributed by atoms with van der Waals surface area (Å²) in [6.45, 7) is 9.27. The minimum Gasteiger partial charge on any atom is -0.338 e. The van der Waals surface area contributed by atoms with Crippen molar-refractivity contribution in [3.8, 4) is 0 Å². The van der Waals surface area contributed by atoms with Crippen LogP contribution in [0.2, 0.25) is 0 Å². The highest BCUT2D eigenvalue weighted by atomic mass is 16.2. The fourth-order valence-electron chi connectivity index (χ4n) is 1.72. The zero-order valence-electron chi connectivity index (χ0n) is 8.55. The molecule has 1 heterocycles. The van der Waals surface area contributed by atoms with Gasteiger partial charge in [-0.1, -0.05) is 6.92 Å². The van der Waals surface area contributed by atoms with E-state index in [1.165, 1.54) is 0 Å². The van der Waals surface area contributed by atoms with Gasteiger partial charge in [0.05, 0.1) is 0 Å². The molecule has 1 unspecified atom stereocenters. The Kier molecular flexibility index (Phi) is 2.45. The van der Waals surface area contributed by atoms with E-state index in [4.69, 9.17) is 0 Å². The van der Waals surface area contributed by atoms with Crippen LogP contribution in [0, 0.1) is 5.92 Å². The second-order valence-corrected chi connectivity index (χ2v) is 4.70. The molecular formula is C10H19NO. The van der Waals surface area contributed by atoms with Gasteiger partial charge >= 0.3 is 0 Å². The first-order chi connectivity index (χ1) is 5.43. The van der Waals surface area contributed by atoms with Gasteiger partial charge in [0.15, 0.2) is 0 Å². The number of hydrogen-bond acceptors (Lipinski definition) is 1. The second kappa shape index (κ2) is 3.08. The summed E-state index contributed by atoms with van der Waals surface area (Å²) in [5.41, 5.74) is 0.00572. The summed E-state index contributed by atoms with van der Waals surface area (Å²) in [5, 5.41) is 0. The molecule has 0 aliphatic carbocycles. The van der Waals surface area contributed by atoms with Gasteiger partial charge in [-0.05, 0) is 33.6 Å². The first kappa shape index (κ1) is 9.56. The van der Waals surface area contributed by atoms with Crippen molar-refractivity contribution in [1.29, 1.82) is 0 Å². The van der Waals surface area contributed by atoms with Gasteiger partial charge in [-0.25, -0.2) is 0 Å². The normalized spacial score (nSPS) is 26.2. The topological polar surface area (TPSA) is 20.3 Å². The first-order valence-electron chi connectivity index (χ1n) is 4.74. The third-order valence-corrected chi connectivity index (χ3v) is 2.52. The van der Waals surface area contributed by atoms with E-state index >= 15 is 0 Å². The first-order valence-corrected chi connectivity index (χ1v) is 4.74. The number of nitrogens with zero attached hydrogens (tertiary/aromatic N) is 1. The van der Waals surface area contributed by atoms with E-state index in [9.17, 15) is 4.79 Å². The summed E-state index contributed by atoms with van der Waals surface area (Å²) < 4.78 is 0. The summed E-state index contributed by atoms with van der Waals surface area (Å²) >= 11 is 0. The molecule has 1 aliphatic heterocycles. The van der Waals surface area contributed by atoms with Crippen molar-refractivity contribution < 1.29 is 4.79 Å². The Bertz CT molecular complexity index is 181. The fourth-order valence-corrected chi connectivity index (χ4v) is 1.72. The van der Waals surface area contributed by atoms with Crippen molar-refractivity contribution >= 4 is 5.91 Å². The van der Waals surface area contributed by atoms with Gasteiger partial charge in [-0.3, -0.25) is 4.79 Å². The predicted octanol–water partition coefficient (Wildman–Crippen LogP) is 2.04. The molecule has 1 atom stereocenters. The monoisotopic (exact) mass is 169 g/mol. The van der Waals surface area contributed by atoms with E-state index in [-0.39, 0.29) is 11.5 Å². The van der Waals surface area contributed by atoms with E-state index in [2.05, 4.69) is 20.8 Å². The van der Waals surface area contributed by atoms with Crippen LogP contribution in [0.25, 0.3) is 0 Å². The molecule has 0 aromatic carbocycles. The highest BCUT2D eigenvalue weighted by Gasteiger charge is 2.32. The molecule has 0 spiro atoms. The lowest BCUT2D eigenvalue weighted by molar-refractivity contribution is -0.143. The lowest BCUT2D eigenvalue weighted by atomic mass is 9.94. The molecule has 2 nitrogen and oxygen atoms in total. The Morgan fingerprint density at radius 3 is 2.42 bits per heavy atom. The smallest absolute Gasteiger partial charge is 0.225 e. The van der Waals surface area contributed by atoms with E-state index < -0.39 is 0 Å². The molecule has 1 rings (SSSR count). The maximum absolute atomic E-state index is 11.7. The van der Waals surface area contributed by atoms with Crippen LogP contribution in [0.3, 0.4) is 0 Å².